The molecule has 0 saturated heterocycles. The molecule has 1 unspecified atom stereocenters. The fourth-order valence-electron chi connectivity index (χ4n) is 3.05. The first-order valence-corrected chi connectivity index (χ1v) is 10.4. The molecule has 5 nitrogen and oxygen atoms in total. The van der Waals surface area contributed by atoms with Gasteiger partial charge in [0.15, 0.2) is 5.17 Å². The lowest BCUT2D eigenvalue weighted by molar-refractivity contribution is 0.0644. The number of hydrogen-bond donors (Lipinski definition) is 1. The lowest BCUT2D eigenvalue weighted by atomic mass is 10.2. The molecule has 0 bridgehead atoms. The van der Waals surface area contributed by atoms with Crippen molar-refractivity contribution in [1.29, 1.82) is 0 Å². The number of fused-ring (bicyclic) bond motifs is 3. The van der Waals surface area contributed by atoms with Gasteiger partial charge in [-0.15, -0.1) is 11.3 Å². The number of nitrogens with one attached hydrogen (secondary N) is 1. The van der Waals surface area contributed by atoms with Gasteiger partial charge in [0, 0.05) is 12.3 Å². The van der Waals surface area contributed by atoms with E-state index in [0.717, 1.165) is 34.1 Å². The average molecular weight is 391 g/mol. The molecule has 0 saturated carbocycles. The lowest BCUT2D eigenvalue weighted by Gasteiger charge is -2.39. The van der Waals surface area contributed by atoms with E-state index >= 15 is 0 Å². The Morgan fingerprint density at radius 1 is 1.31 bits per heavy atom. The predicted octanol–water partition coefficient (Wildman–Crippen LogP) is 4.04. The predicted molar refractivity (Wildman–Crippen MR) is 105 cm³/mol. The van der Waals surface area contributed by atoms with Crippen molar-refractivity contribution in [3.8, 4) is 0 Å². The van der Waals surface area contributed by atoms with Gasteiger partial charge < -0.3 is 0 Å². The molecular weight excluding hydrogens is 371 g/mol. The number of halogens is 1. The number of anilines is 1. The summed E-state index contributed by atoms with van der Waals surface area (Å²) in [7, 11) is 0. The zero-order chi connectivity index (χ0) is 18.1. The summed E-state index contributed by atoms with van der Waals surface area (Å²) in [6.45, 7) is 2.82. The minimum atomic E-state index is -0.271. The number of carbonyl (C=O) groups excluding carboxylic acids is 1. The molecule has 26 heavy (non-hydrogen) atoms. The van der Waals surface area contributed by atoms with Gasteiger partial charge in [0.05, 0.1) is 5.69 Å². The van der Waals surface area contributed by atoms with Crippen molar-refractivity contribution in [3.05, 3.63) is 52.0 Å². The van der Waals surface area contributed by atoms with E-state index in [9.17, 15) is 9.18 Å². The number of carbonyl (C=O) groups is 1. The van der Waals surface area contributed by atoms with Gasteiger partial charge in [-0.2, -0.15) is 5.10 Å². The average Bonchev–Trinajstić information content (AvgIpc) is 3.28. The van der Waals surface area contributed by atoms with Gasteiger partial charge in [0.1, 0.15) is 10.7 Å². The summed E-state index contributed by atoms with van der Waals surface area (Å²) in [5.41, 5.74) is 5.06. The molecule has 0 aliphatic carbocycles. The van der Waals surface area contributed by atoms with Gasteiger partial charge in [-0.25, -0.2) is 4.39 Å². The van der Waals surface area contributed by atoms with Gasteiger partial charge in [-0.3, -0.25) is 20.0 Å². The van der Waals surface area contributed by atoms with Crippen molar-refractivity contribution >= 4 is 39.9 Å². The maximum Gasteiger partial charge on any atom is 0.269 e. The van der Waals surface area contributed by atoms with Crippen LogP contribution in [0.25, 0.3) is 0 Å². The Labute approximate surface area is 159 Å². The Hall–Kier alpha value is -2.06. The number of benzene rings is 1. The number of amides is 1. The first-order chi connectivity index (χ1) is 12.7. The molecule has 4 rings (SSSR count). The van der Waals surface area contributed by atoms with E-state index in [1.54, 1.807) is 23.9 Å². The molecule has 136 valence electrons. The quantitative estimate of drug-likeness (QED) is 0.837. The second-order valence-electron chi connectivity index (χ2n) is 6.17. The van der Waals surface area contributed by atoms with E-state index in [1.165, 1.54) is 23.5 Å². The summed E-state index contributed by atoms with van der Waals surface area (Å²) in [4.78, 5) is 17.5. The summed E-state index contributed by atoms with van der Waals surface area (Å²) in [6.07, 6.45) is 1.71. The molecule has 1 atom stereocenters. The first-order valence-electron chi connectivity index (χ1n) is 8.57. The second kappa shape index (κ2) is 7.28. The number of thioether (sulfide) groups is 1. The zero-order valence-corrected chi connectivity index (χ0v) is 15.9. The molecule has 2 aromatic rings. The highest BCUT2D eigenvalue weighted by atomic mass is 32.2. The molecule has 2 aliphatic rings. The third-order valence-electron chi connectivity index (χ3n) is 4.41. The van der Waals surface area contributed by atoms with Gasteiger partial charge in [0.2, 0.25) is 6.29 Å². The van der Waals surface area contributed by atoms with Crippen molar-refractivity contribution in [2.75, 3.05) is 11.4 Å². The molecule has 1 aromatic heterocycles. The van der Waals surface area contributed by atoms with Crippen molar-refractivity contribution < 1.29 is 9.18 Å². The molecule has 1 N–H and O–H groups in total. The van der Waals surface area contributed by atoms with Crippen molar-refractivity contribution in [1.82, 2.24) is 10.3 Å². The Morgan fingerprint density at radius 3 is 2.88 bits per heavy atom. The third-order valence-corrected chi connectivity index (χ3v) is 6.33. The van der Waals surface area contributed by atoms with E-state index in [4.69, 9.17) is 0 Å². The molecule has 2 aliphatic heterocycles. The summed E-state index contributed by atoms with van der Waals surface area (Å²) in [5.74, 6) is 0.520. The fraction of sp³-hybridized carbons (Fsp3) is 0.333. The van der Waals surface area contributed by atoms with Crippen LogP contribution in [0, 0.1) is 5.82 Å². The van der Waals surface area contributed by atoms with Crippen LogP contribution in [0.2, 0.25) is 0 Å². The normalized spacial score (nSPS) is 18.5. The topological polar surface area (TPSA) is 47.9 Å². The molecule has 8 heteroatoms. The zero-order valence-electron chi connectivity index (χ0n) is 14.3. The first kappa shape index (κ1) is 17.4. The van der Waals surface area contributed by atoms with Gasteiger partial charge >= 0.3 is 0 Å². The van der Waals surface area contributed by atoms with Crippen molar-refractivity contribution in [2.24, 2.45) is 5.10 Å². The van der Waals surface area contributed by atoms with Crippen LogP contribution in [-0.4, -0.2) is 28.8 Å². The van der Waals surface area contributed by atoms with E-state index in [-0.39, 0.29) is 18.0 Å². The van der Waals surface area contributed by atoms with E-state index < -0.39 is 0 Å². The Morgan fingerprint density at radius 2 is 2.12 bits per heavy atom. The minimum Gasteiger partial charge on any atom is -0.298 e. The Kier molecular flexibility index (Phi) is 4.86. The second-order valence-corrected chi connectivity index (χ2v) is 8.03. The van der Waals surface area contributed by atoms with Crippen LogP contribution in [0.4, 0.5) is 10.1 Å². The maximum atomic E-state index is 13.1. The summed E-state index contributed by atoms with van der Waals surface area (Å²) < 4.78 is 13.1. The molecule has 0 spiro atoms. The SMILES string of the molecule is CCCCN1C(=O)c2sccc2N2C(SCc3ccc(F)cc3)=NNC12. The molecule has 1 amide bonds. The van der Waals surface area contributed by atoms with Crippen LogP contribution in [0.15, 0.2) is 40.8 Å². The van der Waals surface area contributed by atoms with E-state index in [0.29, 0.717) is 12.3 Å². The summed E-state index contributed by atoms with van der Waals surface area (Å²) >= 11 is 3.05. The molecular formula is C18H19FN4OS2. The number of nitrogens with zero attached hydrogens (tertiary/aromatic N) is 3. The smallest absolute Gasteiger partial charge is 0.269 e. The Bertz CT molecular complexity index is 836. The highest BCUT2D eigenvalue weighted by Gasteiger charge is 2.43. The van der Waals surface area contributed by atoms with Crippen LogP contribution < -0.4 is 10.3 Å². The highest BCUT2D eigenvalue weighted by Crippen LogP contribution is 2.38. The maximum absolute atomic E-state index is 13.1. The molecule has 3 heterocycles. The number of amidine groups is 1. The van der Waals surface area contributed by atoms with Crippen molar-refractivity contribution in [2.45, 2.75) is 31.8 Å². The van der Waals surface area contributed by atoms with Gasteiger partial charge in [0.25, 0.3) is 5.91 Å². The summed E-state index contributed by atoms with van der Waals surface area (Å²) in [6, 6.07) is 8.48. The molecule has 0 fully saturated rings. The lowest BCUT2D eigenvalue weighted by Crippen LogP contribution is -2.58. The third kappa shape index (κ3) is 3.07. The van der Waals surface area contributed by atoms with Crippen LogP contribution in [-0.2, 0) is 5.75 Å². The minimum absolute atomic E-state index is 0.0668. The van der Waals surface area contributed by atoms with E-state index in [1.807, 2.05) is 16.3 Å². The summed E-state index contributed by atoms with van der Waals surface area (Å²) in [5, 5.41) is 7.25. The van der Waals surface area contributed by atoms with Crippen molar-refractivity contribution in [3.63, 3.8) is 0 Å². The highest BCUT2D eigenvalue weighted by molar-refractivity contribution is 8.13. The van der Waals surface area contributed by atoms with E-state index in [2.05, 4.69) is 22.4 Å². The standard InChI is InChI=1S/C18H19FN4OS2/c1-2-3-9-22-16(24)15-14(8-10-25-15)23-17(22)20-21-18(23)26-11-12-4-6-13(19)7-5-12/h4-8,10,17,20H,2-3,9,11H2,1H3. The van der Waals surface area contributed by atoms with Crippen LogP contribution in [0.1, 0.15) is 35.0 Å². The Balaban J connectivity index is 1.55. The number of rotatable bonds is 5. The monoisotopic (exact) mass is 390 g/mol. The van der Waals surface area contributed by atoms with Gasteiger partial charge in [-0.1, -0.05) is 37.2 Å². The largest absolute Gasteiger partial charge is 0.298 e. The van der Waals surface area contributed by atoms with Crippen LogP contribution in [0.5, 0.6) is 0 Å². The fourth-order valence-corrected chi connectivity index (χ4v) is 4.83. The molecule has 0 radical (unpaired) electrons. The number of thiophene rings is 1. The van der Waals surface area contributed by atoms with Crippen LogP contribution in [0.3, 0.4) is 0 Å². The molecule has 1 aromatic carbocycles. The van der Waals surface area contributed by atoms with Crippen LogP contribution >= 0.6 is 23.1 Å². The van der Waals surface area contributed by atoms with Gasteiger partial charge in [-0.05, 0) is 35.6 Å². The number of unbranched alkanes of at least 4 members (excludes halogenated alkanes) is 1. The number of hydrogen-bond acceptors (Lipinski definition) is 6. The number of hydrazone groups is 1.